The highest BCUT2D eigenvalue weighted by atomic mass is 32.1. The fourth-order valence-corrected chi connectivity index (χ4v) is 5.16. The van der Waals surface area contributed by atoms with Crippen molar-refractivity contribution < 1.29 is 18.0 Å². The first-order valence-electron chi connectivity index (χ1n) is 10.0. The van der Waals surface area contributed by atoms with Crippen LogP contribution < -0.4 is 0 Å². The summed E-state index contributed by atoms with van der Waals surface area (Å²) in [6, 6.07) is 2.03. The second-order valence-electron chi connectivity index (χ2n) is 7.97. The van der Waals surface area contributed by atoms with Crippen molar-refractivity contribution >= 4 is 18.1 Å². The minimum Gasteiger partial charge on any atom is -0.339 e. The lowest BCUT2D eigenvalue weighted by molar-refractivity contribution is -0.131. The van der Waals surface area contributed by atoms with Crippen LogP contribution in [0.25, 0.3) is 0 Å². The summed E-state index contributed by atoms with van der Waals surface area (Å²) in [7, 11) is 1.82. The van der Waals surface area contributed by atoms with Crippen LogP contribution in [-0.4, -0.2) is 32.5 Å². The molecule has 1 aromatic heterocycles. The number of nitrogens with zero attached hydrogens (tertiary/aromatic N) is 3. The van der Waals surface area contributed by atoms with Gasteiger partial charge in [0.25, 0.3) is 0 Å². The van der Waals surface area contributed by atoms with Crippen molar-refractivity contribution in [2.45, 2.75) is 57.5 Å². The van der Waals surface area contributed by atoms with Crippen molar-refractivity contribution in [1.29, 1.82) is 0 Å². The Bertz CT molecular complexity index is 1030. The molecule has 1 saturated heterocycles. The molecule has 29 heavy (non-hydrogen) atoms. The van der Waals surface area contributed by atoms with E-state index >= 15 is 0 Å². The molecule has 0 radical (unpaired) electrons. The molecule has 0 saturated carbocycles. The van der Waals surface area contributed by atoms with E-state index in [1.807, 2.05) is 21.1 Å². The highest BCUT2D eigenvalue weighted by Gasteiger charge is 2.34. The summed E-state index contributed by atoms with van der Waals surface area (Å²) in [5.74, 6) is -3.45. The average Bonchev–Trinajstić information content (AvgIpc) is 3.39. The zero-order chi connectivity index (χ0) is 20.9. The van der Waals surface area contributed by atoms with Gasteiger partial charge >= 0.3 is 0 Å². The van der Waals surface area contributed by atoms with Gasteiger partial charge in [-0.05, 0) is 50.0 Å². The summed E-state index contributed by atoms with van der Waals surface area (Å²) in [4.78, 5) is 14.9. The van der Waals surface area contributed by atoms with Crippen LogP contribution >= 0.6 is 12.2 Å². The zero-order valence-corrected chi connectivity index (χ0v) is 17.4. The molecule has 4 nitrogen and oxygen atoms in total. The molecular weight excluding hydrogens is 399 g/mol. The number of hydrogen-bond acceptors (Lipinski definition) is 2. The SMILES string of the molecule is CC[C@@H]1CCCN1C(=O)Cc1c2n(c(=S)n1C)C[C@@H](c1c(F)ccc(F)c1F)C2. The predicted octanol–water partition coefficient (Wildman–Crippen LogP) is 4.26. The Labute approximate surface area is 172 Å². The maximum atomic E-state index is 14.3. The molecule has 0 unspecified atom stereocenters. The summed E-state index contributed by atoms with van der Waals surface area (Å²) in [6.07, 6.45) is 3.49. The Morgan fingerprint density at radius 2 is 1.97 bits per heavy atom. The number of aromatic nitrogens is 2. The molecular formula is C21H24F3N3OS. The molecule has 8 heteroatoms. The Kier molecular flexibility index (Phi) is 5.31. The molecule has 2 aromatic rings. The lowest BCUT2D eigenvalue weighted by Gasteiger charge is -2.24. The van der Waals surface area contributed by atoms with Gasteiger partial charge in [-0.2, -0.15) is 0 Å². The Hall–Kier alpha value is -2.09. The van der Waals surface area contributed by atoms with Gasteiger partial charge < -0.3 is 14.0 Å². The molecule has 0 N–H and O–H groups in total. The van der Waals surface area contributed by atoms with E-state index in [4.69, 9.17) is 12.2 Å². The summed E-state index contributed by atoms with van der Waals surface area (Å²) >= 11 is 5.51. The summed E-state index contributed by atoms with van der Waals surface area (Å²) in [5.41, 5.74) is 1.35. The van der Waals surface area contributed by atoms with Crippen LogP contribution in [0, 0.1) is 22.2 Å². The van der Waals surface area contributed by atoms with Crippen molar-refractivity contribution in [1.82, 2.24) is 14.0 Å². The third-order valence-electron chi connectivity index (χ3n) is 6.40. The molecule has 1 fully saturated rings. The molecule has 156 valence electrons. The van der Waals surface area contributed by atoms with Crippen LogP contribution in [0.1, 0.15) is 49.1 Å². The topological polar surface area (TPSA) is 30.2 Å². The number of rotatable bonds is 4. The lowest BCUT2D eigenvalue weighted by atomic mass is 9.95. The highest BCUT2D eigenvalue weighted by Crippen LogP contribution is 2.36. The van der Waals surface area contributed by atoms with Gasteiger partial charge in [0.15, 0.2) is 16.4 Å². The van der Waals surface area contributed by atoms with Gasteiger partial charge in [-0.3, -0.25) is 4.79 Å². The van der Waals surface area contributed by atoms with Crippen molar-refractivity contribution in [3.05, 3.63) is 51.3 Å². The fraction of sp³-hybridized carbons (Fsp3) is 0.524. The molecule has 2 aliphatic rings. The fourth-order valence-electron chi connectivity index (χ4n) is 4.86. The van der Waals surface area contributed by atoms with Gasteiger partial charge in [0.2, 0.25) is 5.91 Å². The number of benzene rings is 1. The standard InChI is InChI=1S/C21H24F3N3OS/c1-3-13-5-4-8-26(13)18(28)10-16-17-9-12(11-27(17)21(29)25(16)2)19-14(22)6-7-15(23)20(19)24/h6-7,12-13H,3-5,8-11H2,1-2H3/t12-,13+/m0/s1. The van der Waals surface area contributed by atoms with Crippen LogP contribution in [0.15, 0.2) is 12.1 Å². The Morgan fingerprint density at radius 1 is 1.24 bits per heavy atom. The lowest BCUT2D eigenvalue weighted by Crippen LogP contribution is -2.36. The molecule has 4 rings (SSSR count). The number of fused-ring (bicyclic) bond motifs is 1. The monoisotopic (exact) mass is 423 g/mol. The molecule has 1 aromatic carbocycles. The van der Waals surface area contributed by atoms with Gasteiger partial charge in [-0.25, -0.2) is 13.2 Å². The van der Waals surface area contributed by atoms with Gasteiger partial charge in [-0.15, -0.1) is 0 Å². The largest absolute Gasteiger partial charge is 0.339 e. The number of likely N-dealkylation sites (tertiary alicyclic amines) is 1. The number of carbonyl (C=O) groups excluding carboxylic acids is 1. The van der Waals surface area contributed by atoms with Crippen molar-refractivity contribution in [3.63, 3.8) is 0 Å². The first-order chi connectivity index (χ1) is 13.8. The highest BCUT2D eigenvalue weighted by molar-refractivity contribution is 7.71. The van der Waals surface area contributed by atoms with Gasteiger partial charge in [0.1, 0.15) is 5.82 Å². The molecule has 2 aliphatic heterocycles. The van der Waals surface area contributed by atoms with Crippen LogP contribution in [0.4, 0.5) is 13.2 Å². The number of carbonyl (C=O) groups is 1. The number of imidazole rings is 1. The second-order valence-corrected chi connectivity index (χ2v) is 8.34. The number of hydrogen-bond donors (Lipinski definition) is 0. The first kappa shape index (κ1) is 20.2. The molecule has 0 spiro atoms. The quantitative estimate of drug-likeness (QED) is 0.544. The van der Waals surface area contributed by atoms with Crippen LogP contribution in [-0.2, 0) is 31.2 Å². The summed E-state index contributed by atoms with van der Waals surface area (Å²) < 4.78 is 46.4. The van der Waals surface area contributed by atoms with Gasteiger partial charge in [0.05, 0.1) is 6.42 Å². The Balaban J connectivity index is 1.64. The van der Waals surface area contributed by atoms with E-state index in [-0.39, 0.29) is 30.5 Å². The zero-order valence-electron chi connectivity index (χ0n) is 16.6. The van der Waals surface area contributed by atoms with E-state index in [0.29, 0.717) is 11.2 Å². The predicted molar refractivity (Wildman–Crippen MR) is 106 cm³/mol. The van der Waals surface area contributed by atoms with E-state index in [9.17, 15) is 18.0 Å². The minimum atomic E-state index is -1.14. The molecule has 3 heterocycles. The summed E-state index contributed by atoms with van der Waals surface area (Å²) in [5, 5.41) is 0. The number of amides is 1. The second kappa shape index (κ2) is 7.63. The molecule has 0 aliphatic carbocycles. The van der Waals surface area contributed by atoms with E-state index in [1.165, 1.54) is 0 Å². The van der Waals surface area contributed by atoms with E-state index in [0.717, 1.165) is 49.3 Å². The van der Waals surface area contributed by atoms with Crippen molar-refractivity contribution in [3.8, 4) is 0 Å². The number of halogens is 3. The van der Waals surface area contributed by atoms with E-state index in [1.54, 1.807) is 0 Å². The normalized spacial score (nSPS) is 21.1. The van der Waals surface area contributed by atoms with E-state index < -0.39 is 23.4 Å². The van der Waals surface area contributed by atoms with E-state index in [2.05, 4.69) is 6.92 Å². The summed E-state index contributed by atoms with van der Waals surface area (Å²) in [6.45, 7) is 3.12. The average molecular weight is 424 g/mol. The third-order valence-corrected chi connectivity index (χ3v) is 6.89. The van der Waals surface area contributed by atoms with Gasteiger partial charge in [-0.1, -0.05) is 6.92 Å². The Morgan fingerprint density at radius 3 is 2.69 bits per heavy atom. The van der Waals surface area contributed by atoms with Crippen molar-refractivity contribution in [2.75, 3.05) is 6.54 Å². The molecule has 1 amide bonds. The smallest absolute Gasteiger partial charge is 0.228 e. The minimum absolute atomic E-state index is 0.0555. The maximum absolute atomic E-state index is 14.3. The van der Waals surface area contributed by atoms with Crippen LogP contribution in [0.5, 0.6) is 0 Å². The van der Waals surface area contributed by atoms with Gasteiger partial charge in [0, 0.05) is 49.0 Å². The molecule has 2 atom stereocenters. The van der Waals surface area contributed by atoms with Crippen LogP contribution in [0.3, 0.4) is 0 Å². The third kappa shape index (κ3) is 3.31. The van der Waals surface area contributed by atoms with Crippen molar-refractivity contribution in [2.24, 2.45) is 7.05 Å². The first-order valence-corrected chi connectivity index (χ1v) is 10.4. The van der Waals surface area contributed by atoms with Crippen LogP contribution in [0.2, 0.25) is 0 Å². The maximum Gasteiger partial charge on any atom is 0.228 e. The molecule has 0 bridgehead atoms.